The van der Waals surface area contributed by atoms with Crippen molar-refractivity contribution < 1.29 is 0 Å². The smallest absolute Gasteiger partial charge is 0.157 e. The fourth-order valence-corrected chi connectivity index (χ4v) is 2.61. The van der Waals surface area contributed by atoms with Crippen LogP contribution in [0.5, 0.6) is 0 Å². The highest BCUT2D eigenvalue weighted by Crippen LogP contribution is 2.20. The van der Waals surface area contributed by atoms with Gasteiger partial charge >= 0.3 is 0 Å². The minimum absolute atomic E-state index is 0.806. The molecule has 0 aliphatic heterocycles. The van der Waals surface area contributed by atoms with Gasteiger partial charge in [-0.3, -0.25) is 4.68 Å². The van der Waals surface area contributed by atoms with Crippen LogP contribution in [0.4, 0.5) is 5.69 Å². The van der Waals surface area contributed by atoms with E-state index in [1.54, 1.807) is 0 Å². The molecule has 0 amide bonds. The Balaban J connectivity index is 1.85. The SMILES string of the molecule is Cc1cccc(CNc2cnc3c(c2)c(C)nn3C)c1C. The maximum Gasteiger partial charge on any atom is 0.157 e. The van der Waals surface area contributed by atoms with Crippen LogP contribution < -0.4 is 5.32 Å². The number of rotatable bonds is 3. The number of fused-ring (bicyclic) bond motifs is 1. The number of anilines is 1. The molecule has 0 unspecified atom stereocenters. The lowest BCUT2D eigenvalue weighted by Gasteiger charge is -2.10. The lowest BCUT2D eigenvalue weighted by molar-refractivity contribution is 0.774. The third-order valence-corrected chi connectivity index (χ3v) is 4.06. The predicted molar refractivity (Wildman–Crippen MR) is 86.5 cm³/mol. The van der Waals surface area contributed by atoms with Gasteiger partial charge in [-0.1, -0.05) is 18.2 Å². The van der Waals surface area contributed by atoms with Gasteiger partial charge in [0.15, 0.2) is 5.65 Å². The van der Waals surface area contributed by atoms with Gasteiger partial charge < -0.3 is 5.32 Å². The van der Waals surface area contributed by atoms with E-state index in [1.807, 2.05) is 24.9 Å². The number of nitrogens with one attached hydrogen (secondary N) is 1. The molecule has 1 N–H and O–H groups in total. The van der Waals surface area contributed by atoms with Gasteiger partial charge in [0.2, 0.25) is 0 Å². The van der Waals surface area contributed by atoms with Gasteiger partial charge in [-0.25, -0.2) is 4.98 Å². The number of pyridine rings is 1. The first-order valence-electron chi connectivity index (χ1n) is 7.14. The number of aromatic nitrogens is 3. The first kappa shape index (κ1) is 13.6. The van der Waals surface area contributed by atoms with E-state index in [-0.39, 0.29) is 0 Å². The Labute approximate surface area is 124 Å². The third kappa shape index (κ3) is 2.49. The number of hydrogen-bond donors (Lipinski definition) is 1. The molecule has 0 aliphatic carbocycles. The molecule has 4 heteroatoms. The minimum atomic E-state index is 0.806. The van der Waals surface area contributed by atoms with Crippen LogP contribution in [0, 0.1) is 20.8 Å². The summed E-state index contributed by atoms with van der Waals surface area (Å²) in [7, 11) is 1.92. The van der Waals surface area contributed by atoms with Crippen LogP contribution in [0.3, 0.4) is 0 Å². The Bertz CT molecular complexity index is 802. The zero-order chi connectivity index (χ0) is 15.0. The molecule has 2 aromatic heterocycles. The molecule has 0 saturated heterocycles. The Morgan fingerprint density at radius 1 is 1.19 bits per heavy atom. The second-order valence-electron chi connectivity index (χ2n) is 5.52. The number of nitrogens with zero attached hydrogens (tertiary/aromatic N) is 3. The maximum absolute atomic E-state index is 4.49. The first-order chi connectivity index (χ1) is 10.1. The Hall–Kier alpha value is -2.36. The molecule has 0 atom stereocenters. The lowest BCUT2D eigenvalue weighted by atomic mass is 10.0. The molecule has 108 valence electrons. The number of aryl methyl sites for hydroxylation is 3. The molecule has 1 aromatic carbocycles. The van der Waals surface area contributed by atoms with Crippen LogP contribution in [0.15, 0.2) is 30.5 Å². The average molecular weight is 280 g/mol. The molecule has 4 nitrogen and oxygen atoms in total. The van der Waals surface area contributed by atoms with Crippen molar-refractivity contribution >= 4 is 16.7 Å². The summed E-state index contributed by atoms with van der Waals surface area (Å²) >= 11 is 0. The van der Waals surface area contributed by atoms with E-state index >= 15 is 0 Å². The van der Waals surface area contributed by atoms with E-state index in [0.29, 0.717) is 0 Å². The van der Waals surface area contributed by atoms with Gasteiger partial charge in [0.25, 0.3) is 0 Å². The number of hydrogen-bond acceptors (Lipinski definition) is 3. The van der Waals surface area contributed by atoms with Crippen molar-refractivity contribution in [1.29, 1.82) is 0 Å². The Kier molecular flexibility index (Phi) is 3.37. The lowest BCUT2D eigenvalue weighted by Crippen LogP contribution is -2.02. The van der Waals surface area contributed by atoms with Crippen molar-refractivity contribution in [3.63, 3.8) is 0 Å². The molecule has 0 bridgehead atoms. The minimum Gasteiger partial charge on any atom is -0.380 e. The van der Waals surface area contributed by atoms with Gasteiger partial charge in [-0.15, -0.1) is 0 Å². The summed E-state index contributed by atoms with van der Waals surface area (Å²) in [5.41, 5.74) is 6.94. The predicted octanol–water partition coefficient (Wildman–Crippen LogP) is 3.51. The van der Waals surface area contributed by atoms with Gasteiger partial charge in [-0.2, -0.15) is 5.10 Å². The molecule has 3 rings (SSSR count). The molecule has 2 heterocycles. The first-order valence-corrected chi connectivity index (χ1v) is 7.14. The zero-order valence-corrected chi connectivity index (χ0v) is 12.9. The molecule has 0 radical (unpaired) electrons. The summed E-state index contributed by atoms with van der Waals surface area (Å²) in [6.45, 7) is 7.13. The average Bonchev–Trinajstić information content (AvgIpc) is 2.75. The second kappa shape index (κ2) is 5.20. The van der Waals surface area contributed by atoms with E-state index in [9.17, 15) is 0 Å². The van der Waals surface area contributed by atoms with Crippen LogP contribution in [0.25, 0.3) is 11.0 Å². The summed E-state index contributed by atoms with van der Waals surface area (Å²) in [5.74, 6) is 0. The zero-order valence-electron chi connectivity index (χ0n) is 12.9. The highest BCUT2D eigenvalue weighted by atomic mass is 15.3. The van der Waals surface area contributed by atoms with Crippen molar-refractivity contribution in [2.75, 3.05) is 5.32 Å². The molecule has 0 fully saturated rings. The van der Waals surface area contributed by atoms with Gasteiger partial charge in [0.05, 0.1) is 17.6 Å². The molecular weight excluding hydrogens is 260 g/mol. The fourth-order valence-electron chi connectivity index (χ4n) is 2.61. The molecule has 0 saturated carbocycles. The van der Waals surface area contributed by atoms with Crippen molar-refractivity contribution in [3.05, 3.63) is 52.8 Å². The molecule has 0 spiro atoms. The van der Waals surface area contributed by atoms with Crippen LogP contribution in [0.2, 0.25) is 0 Å². The highest BCUT2D eigenvalue weighted by molar-refractivity contribution is 5.81. The monoisotopic (exact) mass is 280 g/mol. The largest absolute Gasteiger partial charge is 0.380 e. The molecule has 0 aliphatic rings. The molecule has 3 aromatic rings. The summed E-state index contributed by atoms with van der Waals surface area (Å²) in [6, 6.07) is 8.53. The van der Waals surface area contributed by atoms with E-state index in [4.69, 9.17) is 0 Å². The maximum atomic E-state index is 4.49. The Morgan fingerprint density at radius 2 is 2.00 bits per heavy atom. The third-order valence-electron chi connectivity index (χ3n) is 4.06. The summed E-state index contributed by atoms with van der Waals surface area (Å²) < 4.78 is 1.82. The summed E-state index contributed by atoms with van der Waals surface area (Å²) in [5, 5.41) is 8.96. The van der Waals surface area contributed by atoms with Crippen molar-refractivity contribution in [2.24, 2.45) is 7.05 Å². The quantitative estimate of drug-likeness (QED) is 0.798. The van der Waals surface area contributed by atoms with Crippen molar-refractivity contribution in [3.8, 4) is 0 Å². The fraction of sp³-hybridized carbons (Fsp3) is 0.294. The topological polar surface area (TPSA) is 42.7 Å². The highest BCUT2D eigenvalue weighted by Gasteiger charge is 2.07. The van der Waals surface area contributed by atoms with E-state index in [2.05, 4.69) is 53.5 Å². The summed E-state index contributed by atoms with van der Waals surface area (Å²) in [4.78, 5) is 4.49. The van der Waals surface area contributed by atoms with Crippen LogP contribution in [-0.4, -0.2) is 14.8 Å². The van der Waals surface area contributed by atoms with Crippen molar-refractivity contribution in [1.82, 2.24) is 14.8 Å². The van der Waals surface area contributed by atoms with E-state index in [0.717, 1.165) is 29.0 Å². The van der Waals surface area contributed by atoms with Crippen molar-refractivity contribution in [2.45, 2.75) is 27.3 Å². The van der Waals surface area contributed by atoms with Gasteiger partial charge in [0, 0.05) is 19.0 Å². The van der Waals surface area contributed by atoms with Crippen LogP contribution >= 0.6 is 0 Å². The van der Waals surface area contributed by atoms with E-state index < -0.39 is 0 Å². The number of benzene rings is 1. The van der Waals surface area contributed by atoms with Crippen LogP contribution in [-0.2, 0) is 13.6 Å². The van der Waals surface area contributed by atoms with Gasteiger partial charge in [-0.05, 0) is 43.5 Å². The van der Waals surface area contributed by atoms with Crippen LogP contribution in [0.1, 0.15) is 22.4 Å². The normalized spacial score (nSPS) is 11.0. The summed E-state index contributed by atoms with van der Waals surface area (Å²) in [6.07, 6.45) is 1.87. The molecular formula is C17H20N4. The molecule has 21 heavy (non-hydrogen) atoms. The van der Waals surface area contributed by atoms with Gasteiger partial charge in [0.1, 0.15) is 0 Å². The Morgan fingerprint density at radius 3 is 2.81 bits per heavy atom. The standard InChI is InChI=1S/C17H20N4/c1-11-6-5-7-14(12(11)2)9-18-15-8-16-13(3)20-21(4)17(16)19-10-15/h5-8,10,18H,9H2,1-4H3. The van der Waals surface area contributed by atoms with E-state index in [1.165, 1.54) is 16.7 Å². The second-order valence-corrected chi connectivity index (χ2v) is 5.52.